The zero-order valence-corrected chi connectivity index (χ0v) is 7.83. The molecule has 0 radical (unpaired) electrons. The van der Waals surface area contributed by atoms with Gasteiger partial charge in [-0.05, 0) is 6.92 Å². The normalized spacial score (nSPS) is 39.7. The van der Waals surface area contributed by atoms with Crippen LogP contribution in [0.15, 0.2) is 4.99 Å². The van der Waals surface area contributed by atoms with E-state index in [1.165, 1.54) is 0 Å². The van der Waals surface area contributed by atoms with Crippen LogP contribution >= 0.6 is 0 Å². The summed E-state index contributed by atoms with van der Waals surface area (Å²) in [5.41, 5.74) is -0.375. The van der Waals surface area contributed by atoms with Crippen LogP contribution in [0.1, 0.15) is 27.2 Å². The Morgan fingerprint density at radius 2 is 2.33 bits per heavy atom. The highest BCUT2D eigenvalue weighted by Gasteiger charge is 2.47. The van der Waals surface area contributed by atoms with Gasteiger partial charge in [0.15, 0.2) is 17.7 Å². The minimum Gasteiger partial charge on any atom is -0.472 e. The van der Waals surface area contributed by atoms with E-state index in [1.54, 1.807) is 0 Å². The van der Waals surface area contributed by atoms with Crippen molar-refractivity contribution in [2.45, 2.75) is 39.0 Å². The molecule has 0 spiro atoms. The van der Waals surface area contributed by atoms with E-state index in [0.717, 1.165) is 18.9 Å². The van der Waals surface area contributed by atoms with Crippen molar-refractivity contribution in [3.63, 3.8) is 0 Å². The zero-order chi connectivity index (χ0) is 8.77. The molecule has 68 valence electrons. The van der Waals surface area contributed by atoms with Crippen molar-refractivity contribution in [2.75, 3.05) is 6.61 Å². The Balaban J connectivity index is 2.20. The summed E-state index contributed by atoms with van der Waals surface area (Å²) in [5.74, 6) is 1.22. The Labute approximate surface area is 72.8 Å². The molecule has 0 amide bonds. The number of rotatable bonds is 1. The summed E-state index contributed by atoms with van der Waals surface area (Å²) in [6.45, 7) is 6.95. The van der Waals surface area contributed by atoms with Gasteiger partial charge < -0.3 is 9.47 Å². The van der Waals surface area contributed by atoms with Crippen LogP contribution in [0.25, 0.3) is 0 Å². The van der Waals surface area contributed by atoms with Gasteiger partial charge in [-0.1, -0.05) is 13.8 Å². The van der Waals surface area contributed by atoms with Gasteiger partial charge >= 0.3 is 0 Å². The first-order chi connectivity index (χ1) is 5.62. The van der Waals surface area contributed by atoms with E-state index >= 15 is 0 Å². The Hall–Kier alpha value is -0.570. The molecule has 0 aromatic heterocycles. The molecule has 12 heavy (non-hydrogen) atoms. The summed E-state index contributed by atoms with van der Waals surface area (Å²) in [4.78, 5) is 4.45. The lowest BCUT2D eigenvalue weighted by molar-refractivity contribution is -0.00904. The fourth-order valence-electron chi connectivity index (χ4n) is 1.66. The Bertz CT molecular complexity index is 225. The lowest BCUT2D eigenvalue weighted by Gasteiger charge is -2.16. The van der Waals surface area contributed by atoms with Crippen molar-refractivity contribution in [1.82, 2.24) is 0 Å². The van der Waals surface area contributed by atoms with Gasteiger partial charge in [0.2, 0.25) is 0 Å². The molecular formula is C9H15NO2. The summed E-state index contributed by atoms with van der Waals surface area (Å²) in [6.07, 6.45) is 1.13. The van der Waals surface area contributed by atoms with Crippen molar-refractivity contribution in [1.29, 1.82) is 0 Å². The first-order valence-electron chi connectivity index (χ1n) is 4.52. The smallest absolute Gasteiger partial charge is 0.196 e. The molecule has 2 aliphatic heterocycles. The number of ether oxygens (including phenoxy) is 2. The average molecular weight is 169 g/mol. The van der Waals surface area contributed by atoms with Gasteiger partial charge in [0, 0.05) is 12.3 Å². The maximum absolute atomic E-state index is 5.67. The van der Waals surface area contributed by atoms with Crippen LogP contribution in [0.3, 0.4) is 0 Å². The van der Waals surface area contributed by atoms with E-state index in [1.807, 2.05) is 6.92 Å². The van der Waals surface area contributed by atoms with Crippen molar-refractivity contribution >= 4 is 5.90 Å². The fraction of sp³-hybridized carbons (Fsp3) is 0.889. The molecule has 1 saturated heterocycles. The lowest BCUT2D eigenvalue weighted by atomic mass is 10.1. The molecule has 2 rings (SSSR count). The molecule has 0 unspecified atom stereocenters. The third kappa shape index (κ3) is 1.04. The second-order valence-electron chi connectivity index (χ2n) is 3.90. The first kappa shape index (κ1) is 8.05. The van der Waals surface area contributed by atoms with Crippen LogP contribution in [0, 0.1) is 5.92 Å². The van der Waals surface area contributed by atoms with E-state index in [2.05, 4.69) is 18.8 Å². The molecule has 1 fully saturated rings. The van der Waals surface area contributed by atoms with Gasteiger partial charge in [0.1, 0.15) is 0 Å². The van der Waals surface area contributed by atoms with Gasteiger partial charge in [0.25, 0.3) is 0 Å². The Kier molecular flexibility index (Phi) is 1.65. The van der Waals surface area contributed by atoms with Crippen molar-refractivity contribution in [3.05, 3.63) is 0 Å². The highest BCUT2D eigenvalue weighted by atomic mass is 16.6. The molecule has 2 aliphatic rings. The SMILES string of the molecule is CC(C)C1=N[C@@]2(C)OCC[C@H]2O1. The first-order valence-corrected chi connectivity index (χ1v) is 4.52. The molecule has 0 saturated carbocycles. The number of hydrogen-bond donors (Lipinski definition) is 0. The van der Waals surface area contributed by atoms with E-state index in [9.17, 15) is 0 Å². The number of aliphatic imine (C=N–C) groups is 1. The second-order valence-corrected chi connectivity index (χ2v) is 3.90. The topological polar surface area (TPSA) is 30.8 Å². The minimum absolute atomic E-state index is 0.162. The van der Waals surface area contributed by atoms with Gasteiger partial charge in [0.05, 0.1) is 6.61 Å². The zero-order valence-electron chi connectivity index (χ0n) is 7.83. The highest BCUT2D eigenvalue weighted by molar-refractivity contribution is 5.80. The summed E-state index contributed by atoms with van der Waals surface area (Å²) < 4.78 is 11.2. The van der Waals surface area contributed by atoms with E-state index in [-0.39, 0.29) is 11.8 Å². The van der Waals surface area contributed by atoms with Crippen LogP contribution in [0.4, 0.5) is 0 Å². The number of fused-ring (bicyclic) bond motifs is 1. The van der Waals surface area contributed by atoms with E-state index in [4.69, 9.17) is 9.47 Å². The third-order valence-corrected chi connectivity index (χ3v) is 2.46. The van der Waals surface area contributed by atoms with Crippen LogP contribution in [-0.2, 0) is 9.47 Å². The predicted molar refractivity (Wildman–Crippen MR) is 46.1 cm³/mol. The van der Waals surface area contributed by atoms with Crippen molar-refractivity contribution < 1.29 is 9.47 Å². The lowest BCUT2D eigenvalue weighted by Crippen LogP contribution is -2.30. The van der Waals surface area contributed by atoms with Crippen molar-refractivity contribution in [2.24, 2.45) is 10.9 Å². The molecule has 2 atom stereocenters. The molecule has 2 heterocycles. The molecular weight excluding hydrogens is 154 g/mol. The Morgan fingerprint density at radius 3 is 2.92 bits per heavy atom. The van der Waals surface area contributed by atoms with Gasteiger partial charge in [-0.2, -0.15) is 0 Å². The van der Waals surface area contributed by atoms with Crippen LogP contribution in [0.5, 0.6) is 0 Å². The maximum atomic E-state index is 5.67. The van der Waals surface area contributed by atoms with Crippen LogP contribution in [-0.4, -0.2) is 24.3 Å². The van der Waals surface area contributed by atoms with Gasteiger partial charge in [-0.15, -0.1) is 0 Å². The largest absolute Gasteiger partial charge is 0.472 e. The summed E-state index contributed by atoms with van der Waals surface area (Å²) >= 11 is 0. The van der Waals surface area contributed by atoms with Crippen LogP contribution < -0.4 is 0 Å². The quantitative estimate of drug-likeness (QED) is 0.596. The molecule has 0 aromatic rings. The highest BCUT2D eigenvalue weighted by Crippen LogP contribution is 2.35. The maximum Gasteiger partial charge on any atom is 0.196 e. The van der Waals surface area contributed by atoms with E-state index < -0.39 is 0 Å². The summed E-state index contributed by atoms with van der Waals surface area (Å²) in [6, 6.07) is 0. The monoisotopic (exact) mass is 169 g/mol. The standard InChI is InChI=1S/C9H15NO2/c1-6(2)8-10-9(3)7(12-8)4-5-11-9/h6-7H,4-5H2,1-3H3/t7-,9+/m1/s1. The fourth-order valence-corrected chi connectivity index (χ4v) is 1.66. The van der Waals surface area contributed by atoms with E-state index in [0.29, 0.717) is 5.92 Å². The number of nitrogens with zero attached hydrogens (tertiary/aromatic N) is 1. The molecule has 0 N–H and O–H groups in total. The summed E-state index contributed by atoms with van der Waals surface area (Å²) in [5, 5.41) is 0. The third-order valence-electron chi connectivity index (χ3n) is 2.46. The second kappa shape index (κ2) is 2.46. The van der Waals surface area contributed by atoms with Crippen molar-refractivity contribution in [3.8, 4) is 0 Å². The Morgan fingerprint density at radius 1 is 1.58 bits per heavy atom. The van der Waals surface area contributed by atoms with Crippen LogP contribution in [0.2, 0.25) is 0 Å². The molecule has 0 bridgehead atoms. The molecule has 0 aliphatic carbocycles. The summed E-state index contributed by atoms with van der Waals surface area (Å²) in [7, 11) is 0. The predicted octanol–water partition coefficient (Wildman–Crippen LogP) is 1.58. The van der Waals surface area contributed by atoms with Gasteiger partial charge in [-0.25, -0.2) is 4.99 Å². The molecule has 3 nitrogen and oxygen atoms in total. The van der Waals surface area contributed by atoms with Gasteiger partial charge in [-0.3, -0.25) is 0 Å². The number of hydrogen-bond acceptors (Lipinski definition) is 3. The minimum atomic E-state index is -0.375. The molecule has 0 aromatic carbocycles. The average Bonchev–Trinajstić information content (AvgIpc) is 2.41. The molecule has 3 heteroatoms.